The van der Waals surface area contributed by atoms with Crippen LogP contribution in [0.3, 0.4) is 0 Å². The summed E-state index contributed by atoms with van der Waals surface area (Å²) < 4.78 is 0. The average molecular weight is 557 g/mol. The quantitative estimate of drug-likeness (QED) is 0.159. The summed E-state index contributed by atoms with van der Waals surface area (Å²) in [5, 5.41) is 3.19. The van der Waals surface area contributed by atoms with Gasteiger partial charge in [0.15, 0.2) is 0 Å². The Bertz CT molecular complexity index is 1270. The van der Waals surface area contributed by atoms with Gasteiger partial charge in [-0.25, -0.2) is 0 Å². The summed E-state index contributed by atoms with van der Waals surface area (Å²) in [6.45, 7) is 16.1. The molecule has 0 fully saturated rings. The Morgan fingerprint density at radius 2 is 1.26 bits per heavy atom. The van der Waals surface area contributed by atoms with Crippen LogP contribution in [0.1, 0.15) is 58.4 Å². The van der Waals surface area contributed by atoms with Crippen LogP contribution >= 0.6 is 0 Å². The van der Waals surface area contributed by atoms with Crippen molar-refractivity contribution in [1.29, 1.82) is 0 Å². The minimum atomic E-state index is -1.51. The summed E-state index contributed by atoms with van der Waals surface area (Å²) in [6, 6.07) is 26.8. The second kappa shape index (κ2) is 15.5. The van der Waals surface area contributed by atoms with E-state index >= 15 is 0 Å². The molecule has 0 saturated carbocycles. The van der Waals surface area contributed by atoms with E-state index in [1.165, 1.54) is 50.1 Å². The van der Waals surface area contributed by atoms with E-state index in [9.17, 15) is 0 Å². The van der Waals surface area contributed by atoms with Crippen molar-refractivity contribution in [3.05, 3.63) is 134 Å². The van der Waals surface area contributed by atoms with E-state index in [-0.39, 0.29) is 44.0 Å². The Balaban J connectivity index is 0.00000342. The smallest absolute Gasteiger partial charge is 0.358 e. The maximum absolute atomic E-state index is 2.52. The molecule has 4 aromatic rings. The summed E-state index contributed by atoms with van der Waals surface area (Å²) in [4.78, 5) is 0. The van der Waals surface area contributed by atoms with Crippen molar-refractivity contribution >= 4 is 19.2 Å². The third kappa shape index (κ3) is 7.32. The van der Waals surface area contributed by atoms with Crippen LogP contribution in [-0.2, 0) is 40.6 Å². The number of aryl methyl sites for hydroxylation is 4. The molecule has 0 saturated heterocycles. The van der Waals surface area contributed by atoms with Gasteiger partial charge < -0.3 is 22.3 Å². The van der Waals surface area contributed by atoms with Gasteiger partial charge in [-0.2, -0.15) is 0 Å². The van der Waals surface area contributed by atoms with Gasteiger partial charge in [0, 0.05) is 0 Å². The van der Waals surface area contributed by atoms with Crippen LogP contribution in [-0.4, -0.2) is 8.80 Å². The van der Waals surface area contributed by atoms with E-state index in [4.69, 9.17) is 0 Å². The van der Waals surface area contributed by atoms with Crippen LogP contribution in [0.4, 0.5) is 0 Å². The Hall–Kier alpha value is -2.06. The van der Waals surface area contributed by atoms with Crippen LogP contribution in [0.2, 0.25) is 0 Å². The number of benzene rings is 3. The van der Waals surface area contributed by atoms with Crippen molar-refractivity contribution in [2.45, 2.75) is 67.4 Å². The summed E-state index contributed by atoms with van der Waals surface area (Å²) in [6.07, 6.45) is 2.19. The van der Waals surface area contributed by atoms with Crippen molar-refractivity contribution in [2.24, 2.45) is 0 Å². The second-order valence-electron chi connectivity index (χ2n) is 10.0. The molecule has 4 aromatic carbocycles. The van der Waals surface area contributed by atoms with E-state index in [0.717, 1.165) is 18.9 Å². The molecule has 0 aliphatic carbocycles. The van der Waals surface area contributed by atoms with Gasteiger partial charge in [0.2, 0.25) is 0 Å². The van der Waals surface area contributed by atoms with Crippen molar-refractivity contribution < 1.29 is 21.7 Å². The molecular formula is C36H48SiTi. The normalized spacial score (nSPS) is 10.9. The van der Waals surface area contributed by atoms with Crippen LogP contribution in [0.25, 0.3) is 11.1 Å². The summed E-state index contributed by atoms with van der Waals surface area (Å²) in [5.74, 6) is 0. The molecule has 0 bridgehead atoms. The fourth-order valence-electron chi connectivity index (χ4n) is 5.59. The van der Waals surface area contributed by atoms with Crippen molar-refractivity contribution in [2.75, 3.05) is 0 Å². The minimum absolute atomic E-state index is 0. The number of hydrogen-bond acceptors (Lipinski definition) is 0. The number of rotatable bonds is 7. The Morgan fingerprint density at radius 3 is 1.79 bits per heavy atom. The summed E-state index contributed by atoms with van der Waals surface area (Å²) in [7, 11) is -1.51. The first-order valence-corrected chi connectivity index (χ1v) is 14.8. The molecule has 0 radical (unpaired) electrons. The predicted molar refractivity (Wildman–Crippen MR) is 172 cm³/mol. The summed E-state index contributed by atoms with van der Waals surface area (Å²) >= 11 is 0. The van der Waals surface area contributed by atoms with Gasteiger partial charge in [0.25, 0.3) is 0 Å². The Morgan fingerprint density at radius 1 is 0.684 bits per heavy atom. The fourth-order valence-corrected chi connectivity index (χ4v) is 9.11. The zero-order chi connectivity index (χ0) is 24.4. The summed E-state index contributed by atoms with van der Waals surface area (Å²) in [5.41, 5.74) is 14.6. The molecule has 0 spiro atoms. The van der Waals surface area contributed by atoms with Crippen LogP contribution in [0.5, 0.6) is 0 Å². The van der Waals surface area contributed by atoms with Gasteiger partial charge in [-0.1, -0.05) is 116 Å². The van der Waals surface area contributed by atoms with Crippen LogP contribution in [0, 0.1) is 56.9 Å². The molecule has 2 heteroatoms. The van der Waals surface area contributed by atoms with Gasteiger partial charge in [-0.3, -0.25) is 0 Å². The fraction of sp³-hybridized carbons (Fsp3) is 0.278. The Kier molecular flexibility index (Phi) is 14.7. The molecule has 0 aliphatic rings. The monoisotopic (exact) mass is 556 g/mol. The van der Waals surface area contributed by atoms with Crippen molar-refractivity contribution in [3.63, 3.8) is 0 Å². The third-order valence-electron chi connectivity index (χ3n) is 7.82. The van der Waals surface area contributed by atoms with E-state index in [1.54, 1.807) is 15.9 Å². The van der Waals surface area contributed by atoms with Crippen molar-refractivity contribution in [3.8, 4) is 11.1 Å². The van der Waals surface area contributed by atoms with E-state index in [0.29, 0.717) is 0 Å². The molecule has 4 rings (SSSR count). The molecule has 200 valence electrons. The SMILES string of the molecule is CCc1cc(CC)cc([SiH](Cc2c(C)c(C)c(C)[c-]2-c2ccccc2)c2ccc(C)cc2C)c1.[CH3-].[CH3-].[CH3-].[Ti+4]. The van der Waals surface area contributed by atoms with Crippen molar-refractivity contribution in [1.82, 2.24) is 0 Å². The first-order valence-electron chi connectivity index (χ1n) is 12.8. The van der Waals surface area contributed by atoms with E-state index < -0.39 is 8.80 Å². The van der Waals surface area contributed by atoms with Gasteiger partial charge in [0.1, 0.15) is 8.80 Å². The van der Waals surface area contributed by atoms with Gasteiger partial charge in [-0.15, -0.1) is 39.9 Å². The molecule has 0 heterocycles. The van der Waals surface area contributed by atoms with Crippen LogP contribution in [0.15, 0.2) is 66.7 Å². The molecule has 0 aromatic heterocycles. The zero-order valence-corrected chi connectivity index (χ0v) is 28.3. The van der Waals surface area contributed by atoms with Gasteiger partial charge >= 0.3 is 21.7 Å². The standard InChI is InChI=1S/C33H39Si.3CH3.Ti/c1-8-27-18-28(9-2)20-30(19-27)34(32-16-15-22(3)17-23(32)4)21-31-25(6)24(5)26(7)33(31)29-13-11-10-12-14-29;;;;/h10-20,34H,8-9,21H2,1-7H3;3*1H3;/q4*-1;+4. The average Bonchev–Trinajstić information content (AvgIpc) is 3.06. The molecular weight excluding hydrogens is 508 g/mol. The molecule has 0 amide bonds. The Labute approximate surface area is 251 Å². The minimum Gasteiger partial charge on any atom is -0.358 e. The van der Waals surface area contributed by atoms with Crippen LogP contribution < -0.4 is 10.4 Å². The molecule has 0 N–H and O–H groups in total. The zero-order valence-electron chi connectivity index (χ0n) is 25.5. The van der Waals surface area contributed by atoms with E-state index in [1.807, 2.05) is 0 Å². The van der Waals surface area contributed by atoms with Gasteiger partial charge in [-0.05, 0) is 43.9 Å². The maximum atomic E-state index is 2.52. The molecule has 0 aliphatic heterocycles. The largest absolute Gasteiger partial charge is 4.00 e. The molecule has 1 atom stereocenters. The number of hydrogen-bond donors (Lipinski definition) is 0. The maximum Gasteiger partial charge on any atom is 4.00 e. The molecule has 1 unspecified atom stereocenters. The first-order chi connectivity index (χ1) is 16.3. The third-order valence-corrected chi connectivity index (χ3v) is 11.2. The molecule has 38 heavy (non-hydrogen) atoms. The molecule has 0 nitrogen and oxygen atoms in total. The first kappa shape index (κ1) is 35.9. The van der Waals surface area contributed by atoms with Gasteiger partial charge in [0.05, 0.1) is 0 Å². The van der Waals surface area contributed by atoms with E-state index in [2.05, 4.69) is 115 Å². The second-order valence-corrected chi connectivity index (χ2v) is 12.8. The topological polar surface area (TPSA) is 0 Å². The predicted octanol–water partition coefficient (Wildman–Crippen LogP) is 8.21.